The van der Waals surface area contributed by atoms with E-state index >= 15 is 0 Å². The highest BCUT2D eigenvalue weighted by molar-refractivity contribution is 7.10. The van der Waals surface area contributed by atoms with Crippen LogP contribution in [0.25, 0.3) is 10.9 Å². The summed E-state index contributed by atoms with van der Waals surface area (Å²) in [4.78, 5) is 18.7. The van der Waals surface area contributed by atoms with Crippen molar-refractivity contribution in [3.05, 3.63) is 62.6 Å². The van der Waals surface area contributed by atoms with E-state index in [1.807, 2.05) is 35.7 Å². The van der Waals surface area contributed by atoms with Crippen LogP contribution in [-0.4, -0.2) is 28.5 Å². The smallest absolute Gasteiger partial charge is 0.263 e. The van der Waals surface area contributed by atoms with Gasteiger partial charge in [0, 0.05) is 36.3 Å². The predicted octanol–water partition coefficient (Wildman–Crippen LogP) is 2.83. The van der Waals surface area contributed by atoms with E-state index in [0.29, 0.717) is 29.6 Å². The summed E-state index contributed by atoms with van der Waals surface area (Å²) in [7, 11) is 1.74. The number of nitrogens with zero attached hydrogens (tertiary/aromatic N) is 2. The average Bonchev–Trinajstić information content (AvgIpc) is 3.06. The topological polar surface area (TPSA) is 66.6 Å². The number of aromatic hydroxyl groups is 1. The van der Waals surface area contributed by atoms with Crippen LogP contribution < -0.4 is 10.9 Å². The Morgan fingerprint density at radius 2 is 2.12 bits per heavy atom. The lowest BCUT2D eigenvalue weighted by Crippen LogP contribution is -2.27. The number of rotatable bonds is 2. The Morgan fingerprint density at radius 3 is 2.92 bits per heavy atom. The lowest BCUT2D eigenvalue weighted by molar-refractivity contribution is 0.477. The molecule has 6 heteroatoms. The highest BCUT2D eigenvalue weighted by Gasteiger charge is 2.24. The molecule has 3 heterocycles. The first kappa shape index (κ1) is 16.1. The molecule has 1 aliphatic rings. The van der Waals surface area contributed by atoms with Crippen molar-refractivity contribution in [3.8, 4) is 5.75 Å². The van der Waals surface area contributed by atoms with Gasteiger partial charge in [-0.15, -0.1) is 11.3 Å². The number of aryl methyl sites for hydroxylation is 1. The Bertz CT molecular complexity index is 1010. The Kier molecular flexibility index (Phi) is 4.15. The molecule has 0 saturated carbocycles. The van der Waals surface area contributed by atoms with Crippen LogP contribution in [0.2, 0.25) is 0 Å². The molecule has 0 saturated heterocycles. The molecule has 128 valence electrons. The third-order valence-corrected chi connectivity index (χ3v) is 5.64. The maximum atomic E-state index is 12.9. The van der Waals surface area contributed by atoms with Crippen LogP contribution in [0.4, 0.5) is 0 Å². The number of pyridine rings is 1. The van der Waals surface area contributed by atoms with E-state index < -0.39 is 0 Å². The van der Waals surface area contributed by atoms with Crippen LogP contribution in [0, 0.1) is 0 Å². The van der Waals surface area contributed by atoms with Gasteiger partial charge in [0.25, 0.3) is 5.56 Å². The minimum atomic E-state index is -0.207. The molecule has 2 N–H and O–H groups in total. The molecule has 0 unspecified atom stereocenters. The predicted molar refractivity (Wildman–Crippen MR) is 102 cm³/mol. The number of benzene rings is 1. The summed E-state index contributed by atoms with van der Waals surface area (Å²) < 4.78 is 1.59. The first-order chi connectivity index (χ1) is 12.2. The SMILES string of the molecule is Cn1c(=O)c(C2=NCCN[C@H](c3cccs3)C2)c(O)c2ccccc21. The standard InChI is InChI=1S/C19H19N3O2S/c1-22-15-6-3-2-5-12(15)18(23)17(19(22)24)14-11-13(20-8-9-21-14)16-7-4-10-25-16/h2-7,10,13,20,23H,8-9,11H2,1H3/t13-/m0/s1. The van der Waals surface area contributed by atoms with Crippen molar-refractivity contribution in [3.63, 3.8) is 0 Å². The molecule has 0 bridgehead atoms. The van der Waals surface area contributed by atoms with Gasteiger partial charge in [0.05, 0.1) is 17.8 Å². The van der Waals surface area contributed by atoms with E-state index in [2.05, 4.69) is 16.4 Å². The van der Waals surface area contributed by atoms with Gasteiger partial charge in [0.2, 0.25) is 0 Å². The van der Waals surface area contributed by atoms with Crippen molar-refractivity contribution in [1.82, 2.24) is 9.88 Å². The van der Waals surface area contributed by atoms with Crippen molar-refractivity contribution >= 4 is 28.0 Å². The van der Waals surface area contributed by atoms with Gasteiger partial charge in [-0.1, -0.05) is 18.2 Å². The molecule has 1 atom stereocenters. The molecular formula is C19H19N3O2S. The fraction of sp³-hybridized carbons (Fsp3) is 0.263. The summed E-state index contributed by atoms with van der Waals surface area (Å²) >= 11 is 1.69. The van der Waals surface area contributed by atoms with Crippen LogP contribution in [0.5, 0.6) is 5.75 Å². The van der Waals surface area contributed by atoms with Gasteiger partial charge < -0.3 is 15.0 Å². The van der Waals surface area contributed by atoms with Crippen molar-refractivity contribution in [2.75, 3.05) is 13.1 Å². The Labute approximate surface area is 149 Å². The molecule has 3 aromatic rings. The van der Waals surface area contributed by atoms with Crippen LogP contribution in [0.1, 0.15) is 22.9 Å². The number of nitrogens with one attached hydrogen (secondary N) is 1. The normalized spacial score (nSPS) is 18.1. The molecular weight excluding hydrogens is 334 g/mol. The minimum Gasteiger partial charge on any atom is -0.506 e. The molecule has 0 radical (unpaired) electrons. The maximum absolute atomic E-state index is 12.9. The number of aromatic nitrogens is 1. The minimum absolute atomic E-state index is 0.0317. The zero-order valence-electron chi connectivity index (χ0n) is 13.9. The van der Waals surface area contributed by atoms with Gasteiger partial charge in [-0.05, 0) is 23.6 Å². The number of para-hydroxylation sites is 1. The van der Waals surface area contributed by atoms with Crippen molar-refractivity contribution in [2.24, 2.45) is 12.0 Å². The highest BCUT2D eigenvalue weighted by Crippen LogP contribution is 2.30. The lowest BCUT2D eigenvalue weighted by Gasteiger charge is -2.17. The maximum Gasteiger partial charge on any atom is 0.263 e. The summed E-state index contributed by atoms with van der Waals surface area (Å²) in [6.45, 7) is 1.34. The van der Waals surface area contributed by atoms with Crippen LogP contribution in [-0.2, 0) is 7.05 Å². The summed E-state index contributed by atoms with van der Waals surface area (Å²) in [6, 6.07) is 11.6. The van der Waals surface area contributed by atoms with Crippen LogP contribution in [0.15, 0.2) is 51.6 Å². The average molecular weight is 353 g/mol. The highest BCUT2D eigenvalue weighted by atomic mass is 32.1. The van der Waals surface area contributed by atoms with Gasteiger partial charge in [0.1, 0.15) is 11.3 Å². The molecule has 4 rings (SSSR count). The number of hydrogen-bond acceptors (Lipinski definition) is 5. The third kappa shape index (κ3) is 2.77. The second kappa shape index (κ2) is 6.46. The Balaban J connectivity index is 1.86. The van der Waals surface area contributed by atoms with E-state index in [1.165, 1.54) is 4.88 Å². The van der Waals surface area contributed by atoms with E-state index in [4.69, 9.17) is 0 Å². The van der Waals surface area contributed by atoms with Gasteiger partial charge in [-0.2, -0.15) is 0 Å². The van der Waals surface area contributed by atoms with Gasteiger partial charge in [-0.25, -0.2) is 0 Å². The summed E-state index contributed by atoms with van der Waals surface area (Å²) in [5.74, 6) is 0.0317. The molecule has 0 fully saturated rings. The fourth-order valence-corrected chi connectivity index (χ4v) is 4.17. The Hall–Kier alpha value is -2.44. The van der Waals surface area contributed by atoms with Crippen molar-refractivity contribution in [1.29, 1.82) is 0 Å². The number of aliphatic imine (C=N–C) groups is 1. The summed E-state index contributed by atoms with van der Waals surface area (Å²) in [5, 5.41) is 17.0. The number of thiophene rings is 1. The molecule has 0 amide bonds. The molecule has 0 aliphatic carbocycles. The zero-order chi connectivity index (χ0) is 17.4. The molecule has 1 aromatic carbocycles. The van der Waals surface area contributed by atoms with Gasteiger partial charge in [-0.3, -0.25) is 9.79 Å². The first-order valence-electron chi connectivity index (χ1n) is 8.28. The first-order valence-corrected chi connectivity index (χ1v) is 9.16. The van der Waals surface area contributed by atoms with E-state index in [1.54, 1.807) is 23.0 Å². The van der Waals surface area contributed by atoms with Gasteiger partial charge in [0.15, 0.2) is 0 Å². The lowest BCUT2D eigenvalue weighted by atomic mass is 10.00. The fourth-order valence-electron chi connectivity index (χ4n) is 3.37. The molecule has 1 aliphatic heterocycles. The Morgan fingerprint density at radius 1 is 1.28 bits per heavy atom. The third-order valence-electron chi connectivity index (χ3n) is 4.65. The van der Waals surface area contributed by atoms with Gasteiger partial charge >= 0.3 is 0 Å². The zero-order valence-corrected chi connectivity index (χ0v) is 14.7. The molecule has 2 aromatic heterocycles. The second-order valence-electron chi connectivity index (χ2n) is 6.16. The molecule has 25 heavy (non-hydrogen) atoms. The molecule has 0 spiro atoms. The second-order valence-corrected chi connectivity index (χ2v) is 7.14. The quantitative estimate of drug-likeness (QED) is 0.744. The summed E-state index contributed by atoms with van der Waals surface area (Å²) in [5.41, 5.74) is 1.51. The number of fused-ring (bicyclic) bond motifs is 1. The van der Waals surface area contributed by atoms with Crippen molar-refractivity contribution < 1.29 is 5.11 Å². The molecule has 5 nitrogen and oxygen atoms in total. The number of hydrogen-bond donors (Lipinski definition) is 2. The van der Waals surface area contributed by atoms with E-state index in [0.717, 1.165) is 12.1 Å². The van der Waals surface area contributed by atoms with Crippen molar-refractivity contribution in [2.45, 2.75) is 12.5 Å². The monoisotopic (exact) mass is 353 g/mol. The van der Waals surface area contributed by atoms with Crippen LogP contribution >= 0.6 is 11.3 Å². The van der Waals surface area contributed by atoms with E-state index in [-0.39, 0.29) is 17.4 Å². The van der Waals surface area contributed by atoms with Crippen LogP contribution in [0.3, 0.4) is 0 Å². The summed E-state index contributed by atoms with van der Waals surface area (Å²) in [6.07, 6.45) is 0.585. The largest absolute Gasteiger partial charge is 0.506 e. The van der Waals surface area contributed by atoms with E-state index in [9.17, 15) is 9.90 Å².